The zero-order chi connectivity index (χ0) is 12.3. The Morgan fingerprint density at radius 3 is 2.76 bits per heavy atom. The second-order valence-electron chi connectivity index (χ2n) is 5.93. The van der Waals surface area contributed by atoms with Gasteiger partial charge in [-0.1, -0.05) is 35.7 Å². The number of nitrogens with zero attached hydrogens (tertiary/aromatic N) is 1. The highest BCUT2D eigenvalue weighted by Gasteiger charge is 2.43. The Morgan fingerprint density at radius 2 is 2.18 bits per heavy atom. The Balaban J connectivity index is 1.87. The molecule has 0 N–H and O–H groups in total. The Morgan fingerprint density at radius 1 is 1.41 bits per heavy atom. The Hall–Kier alpha value is -0.0500. The molecule has 0 bridgehead atoms. The van der Waals surface area contributed by atoms with Gasteiger partial charge in [0.05, 0.1) is 0 Å². The molecule has 0 aromatic carbocycles. The van der Waals surface area contributed by atoms with E-state index in [1.54, 1.807) is 0 Å². The van der Waals surface area contributed by atoms with Crippen LogP contribution in [0, 0.1) is 11.3 Å². The van der Waals surface area contributed by atoms with E-state index in [4.69, 9.17) is 0 Å². The lowest BCUT2D eigenvalue weighted by Gasteiger charge is -2.25. The number of hydrogen-bond acceptors (Lipinski definition) is 1. The number of halogens is 1. The molecule has 2 aliphatic rings. The van der Waals surface area contributed by atoms with E-state index in [9.17, 15) is 4.79 Å². The van der Waals surface area contributed by atoms with Crippen LogP contribution >= 0.6 is 15.9 Å². The van der Waals surface area contributed by atoms with E-state index in [1.807, 2.05) is 0 Å². The topological polar surface area (TPSA) is 20.3 Å². The Bertz CT molecular complexity index is 275. The zero-order valence-electron chi connectivity index (χ0n) is 10.9. The molecule has 0 aromatic heterocycles. The maximum atomic E-state index is 12.1. The molecule has 1 saturated carbocycles. The first kappa shape index (κ1) is 13.4. The number of carbonyl (C=O) groups is 1. The molecule has 0 spiro atoms. The van der Waals surface area contributed by atoms with Crippen molar-refractivity contribution >= 4 is 21.8 Å². The summed E-state index contributed by atoms with van der Waals surface area (Å²) in [5.41, 5.74) is 0.431. The highest BCUT2D eigenvalue weighted by atomic mass is 79.9. The van der Waals surface area contributed by atoms with Gasteiger partial charge in [-0.05, 0) is 37.0 Å². The van der Waals surface area contributed by atoms with Crippen molar-refractivity contribution in [2.45, 2.75) is 51.9 Å². The highest BCUT2D eigenvalue weighted by molar-refractivity contribution is 9.09. The molecule has 1 unspecified atom stereocenters. The van der Waals surface area contributed by atoms with Crippen LogP contribution in [0.2, 0.25) is 0 Å². The lowest BCUT2D eigenvalue weighted by atomic mass is 9.96. The van der Waals surface area contributed by atoms with Crippen molar-refractivity contribution < 1.29 is 4.79 Å². The summed E-state index contributed by atoms with van der Waals surface area (Å²) >= 11 is 3.60. The summed E-state index contributed by atoms with van der Waals surface area (Å²) in [5.74, 6) is 1.18. The fourth-order valence-electron chi connectivity index (χ4n) is 2.87. The van der Waals surface area contributed by atoms with Gasteiger partial charge in [-0.25, -0.2) is 0 Å². The van der Waals surface area contributed by atoms with E-state index < -0.39 is 0 Å². The van der Waals surface area contributed by atoms with Gasteiger partial charge in [0.15, 0.2) is 0 Å². The molecule has 2 fully saturated rings. The van der Waals surface area contributed by atoms with Crippen molar-refractivity contribution in [3.8, 4) is 0 Å². The summed E-state index contributed by atoms with van der Waals surface area (Å²) in [6.07, 6.45) is 8.25. The molecule has 1 heterocycles. The molecule has 2 nitrogen and oxygen atoms in total. The molecule has 1 amide bonds. The second-order valence-corrected chi connectivity index (χ2v) is 6.49. The molecule has 1 aliphatic carbocycles. The Kier molecular flexibility index (Phi) is 4.51. The molecule has 2 rings (SSSR count). The second kappa shape index (κ2) is 5.73. The quantitative estimate of drug-likeness (QED) is 0.711. The minimum atomic E-state index is 0.399. The fourth-order valence-corrected chi connectivity index (χ4v) is 3.61. The average Bonchev–Trinajstić information content (AvgIpc) is 3.11. The smallest absolute Gasteiger partial charge is 0.222 e. The van der Waals surface area contributed by atoms with E-state index in [0.717, 1.165) is 37.2 Å². The van der Waals surface area contributed by atoms with Crippen molar-refractivity contribution in [3.05, 3.63) is 0 Å². The monoisotopic (exact) mass is 301 g/mol. The van der Waals surface area contributed by atoms with Gasteiger partial charge in [-0.15, -0.1) is 0 Å². The summed E-state index contributed by atoms with van der Waals surface area (Å²) in [7, 11) is 0. The van der Waals surface area contributed by atoms with Gasteiger partial charge < -0.3 is 4.90 Å². The van der Waals surface area contributed by atoms with E-state index in [1.165, 1.54) is 32.1 Å². The van der Waals surface area contributed by atoms with E-state index in [2.05, 4.69) is 27.8 Å². The third-order valence-corrected chi connectivity index (χ3v) is 5.58. The summed E-state index contributed by atoms with van der Waals surface area (Å²) in [6.45, 7) is 4.24. The van der Waals surface area contributed by atoms with Gasteiger partial charge in [0.25, 0.3) is 0 Å². The van der Waals surface area contributed by atoms with Crippen LogP contribution in [-0.4, -0.2) is 29.2 Å². The van der Waals surface area contributed by atoms with Crippen LogP contribution < -0.4 is 0 Å². The number of amides is 1. The minimum Gasteiger partial charge on any atom is -0.342 e. The summed E-state index contributed by atoms with van der Waals surface area (Å²) < 4.78 is 0. The van der Waals surface area contributed by atoms with Crippen molar-refractivity contribution in [3.63, 3.8) is 0 Å². The standard InChI is InChI=1S/C14H24BrNO/c1-2-3-12-4-5-13(17)16(9-6-12)11-14(10-15)7-8-14/h12H,2-11H2,1H3. The molecule has 1 saturated heterocycles. The van der Waals surface area contributed by atoms with Crippen LogP contribution in [0.15, 0.2) is 0 Å². The minimum absolute atomic E-state index is 0.399. The van der Waals surface area contributed by atoms with Crippen molar-refractivity contribution in [2.24, 2.45) is 11.3 Å². The molecular formula is C14H24BrNO. The van der Waals surface area contributed by atoms with Gasteiger partial charge in [0, 0.05) is 24.8 Å². The third kappa shape index (κ3) is 3.46. The van der Waals surface area contributed by atoms with Crippen molar-refractivity contribution in [1.82, 2.24) is 4.90 Å². The van der Waals surface area contributed by atoms with Crippen molar-refractivity contribution in [1.29, 1.82) is 0 Å². The molecular weight excluding hydrogens is 278 g/mol. The largest absolute Gasteiger partial charge is 0.342 e. The molecule has 0 aromatic rings. The van der Waals surface area contributed by atoms with Crippen LogP contribution in [0.25, 0.3) is 0 Å². The Labute approximate surface area is 113 Å². The number of hydrogen-bond donors (Lipinski definition) is 0. The van der Waals surface area contributed by atoms with Gasteiger partial charge in [0.1, 0.15) is 0 Å². The van der Waals surface area contributed by atoms with Gasteiger partial charge >= 0.3 is 0 Å². The first-order chi connectivity index (χ1) is 8.19. The number of rotatable bonds is 5. The van der Waals surface area contributed by atoms with Crippen LogP contribution in [0.3, 0.4) is 0 Å². The van der Waals surface area contributed by atoms with E-state index in [0.29, 0.717) is 11.3 Å². The number of likely N-dealkylation sites (tertiary alicyclic amines) is 1. The van der Waals surface area contributed by atoms with Crippen LogP contribution in [0.1, 0.15) is 51.9 Å². The molecule has 17 heavy (non-hydrogen) atoms. The van der Waals surface area contributed by atoms with E-state index >= 15 is 0 Å². The van der Waals surface area contributed by atoms with Gasteiger partial charge in [0.2, 0.25) is 5.91 Å². The molecule has 98 valence electrons. The number of alkyl halides is 1. The lowest BCUT2D eigenvalue weighted by Crippen LogP contribution is -2.36. The van der Waals surface area contributed by atoms with Gasteiger partial charge in [-0.2, -0.15) is 0 Å². The first-order valence-corrected chi connectivity index (χ1v) is 8.15. The SMILES string of the molecule is CCCC1CCC(=O)N(CC2(CBr)CC2)CC1. The fraction of sp³-hybridized carbons (Fsp3) is 0.929. The molecule has 3 heteroatoms. The summed E-state index contributed by atoms with van der Waals surface area (Å²) in [4.78, 5) is 14.2. The van der Waals surface area contributed by atoms with Crippen molar-refractivity contribution in [2.75, 3.05) is 18.4 Å². The zero-order valence-corrected chi connectivity index (χ0v) is 12.5. The molecule has 0 radical (unpaired) electrons. The number of carbonyl (C=O) groups excluding carboxylic acids is 1. The van der Waals surface area contributed by atoms with E-state index in [-0.39, 0.29) is 0 Å². The maximum Gasteiger partial charge on any atom is 0.222 e. The lowest BCUT2D eigenvalue weighted by molar-refractivity contribution is -0.131. The predicted octanol–water partition coefficient (Wildman–Crippen LogP) is 3.59. The highest BCUT2D eigenvalue weighted by Crippen LogP contribution is 2.48. The molecule has 1 atom stereocenters. The van der Waals surface area contributed by atoms with Gasteiger partial charge in [-0.3, -0.25) is 4.79 Å². The van der Waals surface area contributed by atoms with Crippen LogP contribution in [-0.2, 0) is 4.79 Å². The molecule has 1 aliphatic heterocycles. The van der Waals surface area contributed by atoms with Crippen LogP contribution in [0.4, 0.5) is 0 Å². The predicted molar refractivity (Wildman–Crippen MR) is 74.3 cm³/mol. The normalized spacial score (nSPS) is 28.0. The average molecular weight is 302 g/mol. The van der Waals surface area contributed by atoms with Crippen LogP contribution in [0.5, 0.6) is 0 Å². The summed E-state index contributed by atoms with van der Waals surface area (Å²) in [5, 5.41) is 1.06. The maximum absolute atomic E-state index is 12.1. The first-order valence-electron chi connectivity index (χ1n) is 7.03. The third-order valence-electron chi connectivity index (χ3n) is 4.39. The summed E-state index contributed by atoms with van der Waals surface area (Å²) in [6, 6.07) is 0.